The van der Waals surface area contributed by atoms with Gasteiger partial charge in [0.15, 0.2) is 0 Å². The highest BCUT2D eigenvalue weighted by atomic mass is 16.5. The average molecular weight is 266 g/mol. The van der Waals surface area contributed by atoms with E-state index in [2.05, 4.69) is 32.8 Å². The van der Waals surface area contributed by atoms with E-state index in [1.165, 1.54) is 0 Å². The zero-order valence-corrected chi connectivity index (χ0v) is 13.1. The first kappa shape index (κ1) is 14.5. The quantitative estimate of drug-likeness (QED) is 0.895. The van der Waals surface area contributed by atoms with Crippen molar-refractivity contribution in [2.24, 2.45) is 13.0 Å². The molecule has 0 bridgehead atoms. The van der Waals surface area contributed by atoms with Gasteiger partial charge in [-0.25, -0.2) is 0 Å². The Kier molecular flexibility index (Phi) is 3.30. The maximum Gasteiger partial charge on any atom is 0.0882 e. The number of aryl methyl sites for hydroxylation is 2. The molecule has 4 heteroatoms. The molecule has 1 aromatic rings. The standard InChI is InChI=1S/C15H26N2O2/c1-9-12(10(2)17(7)16-9)13(18)11-8-14(3,4)19-15(11,5)6/h11,13,18H,8H2,1-7H3. The summed E-state index contributed by atoms with van der Waals surface area (Å²) in [4.78, 5) is 0. The highest BCUT2D eigenvalue weighted by Crippen LogP contribution is 2.48. The van der Waals surface area contributed by atoms with Crippen molar-refractivity contribution in [2.75, 3.05) is 0 Å². The Hall–Kier alpha value is -0.870. The maximum atomic E-state index is 10.8. The Bertz CT molecular complexity index is 489. The van der Waals surface area contributed by atoms with Gasteiger partial charge in [-0.05, 0) is 48.0 Å². The van der Waals surface area contributed by atoms with Gasteiger partial charge in [-0.2, -0.15) is 5.10 Å². The predicted molar refractivity (Wildman–Crippen MR) is 75.0 cm³/mol. The molecule has 1 aliphatic rings. The zero-order valence-electron chi connectivity index (χ0n) is 13.1. The Morgan fingerprint density at radius 1 is 1.32 bits per heavy atom. The lowest BCUT2D eigenvalue weighted by molar-refractivity contribution is -0.0881. The van der Waals surface area contributed by atoms with E-state index >= 15 is 0 Å². The Morgan fingerprint density at radius 2 is 1.89 bits per heavy atom. The third-order valence-corrected chi connectivity index (χ3v) is 4.39. The monoisotopic (exact) mass is 266 g/mol. The van der Waals surface area contributed by atoms with E-state index in [9.17, 15) is 5.11 Å². The number of aliphatic hydroxyl groups excluding tert-OH is 1. The van der Waals surface area contributed by atoms with Crippen LogP contribution in [0, 0.1) is 19.8 Å². The van der Waals surface area contributed by atoms with Crippen LogP contribution in [0.25, 0.3) is 0 Å². The summed E-state index contributed by atoms with van der Waals surface area (Å²) >= 11 is 0. The van der Waals surface area contributed by atoms with Crippen molar-refractivity contribution in [3.8, 4) is 0 Å². The lowest BCUT2D eigenvalue weighted by atomic mass is 9.80. The molecule has 1 N–H and O–H groups in total. The van der Waals surface area contributed by atoms with Crippen LogP contribution in [0.2, 0.25) is 0 Å². The molecule has 1 fully saturated rings. The second kappa shape index (κ2) is 4.32. The second-order valence-electron chi connectivity index (χ2n) is 6.93. The molecule has 2 rings (SSSR count). The first-order chi connectivity index (χ1) is 8.55. The number of hydrogen-bond acceptors (Lipinski definition) is 3. The van der Waals surface area contributed by atoms with Crippen LogP contribution in [0.1, 0.15) is 57.2 Å². The molecule has 1 saturated heterocycles. The molecular weight excluding hydrogens is 240 g/mol. The minimum Gasteiger partial charge on any atom is -0.388 e. The van der Waals surface area contributed by atoms with E-state index in [0.29, 0.717) is 0 Å². The highest BCUT2D eigenvalue weighted by molar-refractivity contribution is 5.28. The lowest BCUT2D eigenvalue weighted by Gasteiger charge is -2.30. The van der Waals surface area contributed by atoms with Gasteiger partial charge >= 0.3 is 0 Å². The van der Waals surface area contributed by atoms with Crippen molar-refractivity contribution in [1.82, 2.24) is 9.78 Å². The molecule has 0 aliphatic carbocycles. The summed E-state index contributed by atoms with van der Waals surface area (Å²) in [6, 6.07) is 0. The number of aromatic nitrogens is 2. The number of rotatable bonds is 2. The smallest absolute Gasteiger partial charge is 0.0882 e. The second-order valence-corrected chi connectivity index (χ2v) is 6.93. The van der Waals surface area contributed by atoms with Gasteiger partial charge in [-0.3, -0.25) is 4.68 Å². The number of hydrogen-bond donors (Lipinski definition) is 1. The largest absolute Gasteiger partial charge is 0.388 e. The molecule has 19 heavy (non-hydrogen) atoms. The summed E-state index contributed by atoms with van der Waals surface area (Å²) in [6.07, 6.45) is 0.333. The van der Waals surface area contributed by atoms with Crippen molar-refractivity contribution in [3.63, 3.8) is 0 Å². The Morgan fingerprint density at radius 3 is 2.26 bits per heavy atom. The van der Waals surface area contributed by atoms with Gasteiger partial charge in [-0.1, -0.05) is 0 Å². The molecule has 0 saturated carbocycles. The molecule has 108 valence electrons. The number of ether oxygens (including phenoxy) is 1. The molecule has 0 spiro atoms. The summed E-state index contributed by atoms with van der Waals surface area (Å²) in [5.74, 6) is 0.0871. The van der Waals surface area contributed by atoms with Crippen molar-refractivity contribution < 1.29 is 9.84 Å². The van der Waals surface area contributed by atoms with Gasteiger partial charge in [0.25, 0.3) is 0 Å². The van der Waals surface area contributed by atoms with E-state index in [4.69, 9.17) is 4.74 Å². The highest BCUT2D eigenvalue weighted by Gasteiger charge is 2.49. The molecule has 1 aromatic heterocycles. The fraction of sp³-hybridized carbons (Fsp3) is 0.800. The first-order valence-electron chi connectivity index (χ1n) is 6.93. The average Bonchev–Trinajstić information content (AvgIpc) is 2.60. The summed E-state index contributed by atoms with van der Waals surface area (Å²) < 4.78 is 7.93. The summed E-state index contributed by atoms with van der Waals surface area (Å²) in [5.41, 5.74) is 2.40. The van der Waals surface area contributed by atoms with Gasteiger partial charge < -0.3 is 9.84 Å². The molecule has 4 nitrogen and oxygen atoms in total. The van der Waals surface area contributed by atoms with Crippen LogP contribution in [0.5, 0.6) is 0 Å². The van der Waals surface area contributed by atoms with Crippen LogP contribution in [0.4, 0.5) is 0 Å². The minimum atomic E-state index is -0.523. The van der Waals surface area contributed by atoms with Gasteiger partial charge in [0, 0.05) is 24.2 Å². The van der Waals surface area contributed by atoms with Crippen molar-refractivity contribution >= 4 is 0 Å². The molecular formula is C15H26N2O2. The molecule has 2 unspecified atom stereocenters. The van der Waals surface area contributed by atoms with Gasteiger partial charge in [0.1, 0.15) is 0 Å². The summed E-state index contributed by atoms with van der Waals surface area (Å²) in [6.45, 7) is 12.3. The van der Waals surface area contributed by atoms with Crippen molar-refractivity contribution in [3.05, 3.63) is 17.0 Å². The molecule has 2 heterocycles. The fourth-order valence-corrected chi connectivity index (χ4v) is 3.52. The molecule has 0 radical (unpaired) electrons. The minimum absolute atomic E-state index is 0.0871. The zero-order chi connectivity index (χ0) is 14.6. The normalized spacial score (nSPS) is 26.6. The van der Waals surface area contributed by atoms with Crippen molar-refractivity contribution in [1.29, 1.82) is 0 Å². The number of nitrogens with zero attached hydrogens (tertiary/aromatic N) is 2. The van der Waals surface area contributed by atoms with Crippen molar-refractivity contribution in [2.45, 2.75) is 65.3 Å². The van der Waals surface area contributed by atoms with E-state index in [-0.39, 0.29) is 17.1 Å². The first-order valence-corrected chi connectivity index (χ1v) is 6.93. The van der Waals surface area contributed by atoms with Crippen LogP contribution in [-0.2, 0) is 11.8 Å². The summed E-state index contributed by atoms with van der Waals surface area (Å²) in [7, 11) is 1.92. The van der Waals surface area contributed by atoms with E-state index in [0.717, 1.165) is 23.4 Å². The molecule has 2 atom stereocenters. The maximum absolute atomic E-state index is 10.8. The number of aliphatic hydroxyl groups is 1. The summed E-state index contributed by atoms with van der Waals surface area (Å²) in [5, 5.41) is 15.2. The van der Waals surface area contributed by atoms with E-state index in [1.54, 1.807) is 0 Å². The van der Waals surface area contributed by atoms with Crippen LogP contribution >= 0.6 is 0 Å². The van der Waals surface area contributed by atoms with E-state index < -0.39 is 6.10 Å². The topological polar surface area (TPSA) is 47.3 Å². The van der Waals surface area contributed by atoms with E-state index in [1.807, 2.05) is 25.6 Å². The molecule has 0 aromatic carbocycles. The Balaban J connectivity index is 2.37. The van der Waals surface area contributed by atoms with Crippen LogP contribution in [0.15, 0.2) is 0 Å². The lowest BCUT2D eigenvalue weighted by Crippen LogP contribution is -2.33. The van der Waals surface area contributed by atoms with Gasteiger partial charge in [0.2, 0.25) is 0 Å². The third kappa shape index (κ3) is 2.43. The predicted octanol–water partition coefficient (Wildman–Crippen LogP) is 2.66. The van der Waals surface area contributed by atoms with Crippen LogP contribution in [0.3, 0.4) is 0 Å². The van der Waals surface area contributed by atoms with Gasteiger partial charge in [0.05, 0.1) is 23.0 Å². The SMILES string of the molecule is Cc1nn(C)c(C)c1C(O)C1CC(C)(C)OC1(C)C. The molecule has 0 amide bonds. The van der Waals surface area contributed by atoms with Crippen LogP contribution in [-0.4, -0.2) is 26.1 Å². The van der Waals surface area contributed by atoms with Gasteiger partial charge in [-0.15, -0.1) is 0 Å². The third-order valence-electron chi connectivity index (χ3n) is 4.39. The van der Waals surface area contributed by atoms with Crippen LogP contribution < -0.4 is 0 Å². The molecule has 1 aliphatic heterocycles. The Labute approximate surface area is 115 Å². The fourth-order valence-electron chi connectivity index (χ4n) is 3.52.